The average Bonchev–Trinajstić information content (AvgIpc) is 2.74. The highest BCUT2D eigenvalue weighted by atomic mass is 35.5. The largest absolute Gasteiger partial charge is 0.504 e. The number of nitro groups is 1. The summed E-state index contributed by atoms with van der Waals surface area (Å²) in [6.45, 7) is 0.861. The summed E-state index contributed by atoms with van der Waals surface area (Å²) in [6.07, 6.45) is 1.88. The first-order chi connectivity index (χ1) is 7.59. The molecule has 0 radical (unpaired) electrons. The lowest BCUT2D eigenvalue weighted by atomic mass is 10.0. The Bertz CT molecular complexity index is 433. The molecule has 7 heteroatoms. The van der Waals surface area contributed by atoms with Crippen LogP contribution in [0.4, 0.5) is 5.69 Å². The van der Waals surface area contributed by atoms with Crippen LogP contribution in [0.3, 0.4) is 0 Å². The molecule has 1 aliphatic rings. The number of nitrogens with one attached hydrogen (secondary N) is 1. The zero-order chi connectivity index (χ0) is 11.7. The molecule has 17 heavy (non-hydrogen) atoms. The van der Waals surface area contributed by atoms with E-state index in [-0.39, 0.29) is 18.4 Å². The third-order valence-electron chi connectivity index (χ3n) is 2.75. The van der Waals surface area contributed by atoms with E-state index < -0.39 is 22.1 Å². The number of nitrogens with zero attached hydrogens (tertiary/aromatic N) is 1. The van der Waals surface area contributed by atoms with Crippen molar-refractivity contribution < 1.29 is 15.1 Å². The SMILES string of the molecule is Cl.O=[N+]([O-])c1cc([C@H]2CCCN2)cc(O)c1O. The van der Waals surface area contributed by atoms with Crippen molar-refractivity contribution in [3.8, 4) is 11.5 Å². The maximum atomic E-state index is 10.7. The lowest BCUT2D eigenvalue weighted by molar-refractivity contribution is -0.386. The van der Waals surface area contributed by atoms with E-state index in [0.717, 1.165) is 19.4 Å². The lowest BCUT2D eigenvalue weighted by Crippen LogP contribution is -2.12. The molecule has 0 unspecified atom stereocenters. The number of nitro benzene ring substituents is 1. The molecule has 0 amide bonds. The number of hydrogen-bond acceptors (Lipinski definition) is 5. The number of benzene rings is 1. The van der Waals surface area contributed by atoms with Gasteiger partial charge in [0, 0.05) is 12.1 Å². The van der Waals surface area contributed by atoms with Gasteiger partial charge in [0.2, 0.25) is 5.75 Å². The molecule has 94 valence electrons. The minimum Gasteiger partial charge on any atom is -0.504 e. The second-order valence-electron chi connectivity index (χ2n) is 3.81. The lowest BCUT2D eigenvalue weighted by Gasteiger charge is -2.11. The third-order valence-corrected chi connectivity index (χ3v) is 2.75. The predicted molar refractivity (Wildman–Crippen MR) is 63.7 cm³/mol. The van der Waals surface area contributed by atoms with Crippen LogP contribution in [-0.2, 0) is 0 Å². The number of aromatic hydroxyl groups is 2. The molecule has 3 N–H and O–H groups in total. The average molecular weight is 261 g/mol. The first kappa shape index (κ1) is 13.5. The maximum Gasteiger partial charge on any atom is 0.314 e. The molecule has 0 aliphatic carbocycles. The second-order valence-corrected chi connectivity index (χ2v) is 3.81. The fraction of sp³-hybridized carbons (Fsp3) is 0.400. The summed E-state index contributed by atoms with van der Waals surface area (Å²) < 4.78 is 0. The first-order valence-corrected chi connectivity index (χ1v) is 5.03. The van der Waals surface area contributed by atoms with E-state index in [4.69, 9.17) is 0 Å². The maximum absolute atomic E-state index is 10.7. The van der Waals surface area contributed by atoms with E-state index >= 15 is 0 Å². The van der Waals surface area contributed by atoms with E-state index in [9.17, 15) is 20.3 Å². The molecule has 1 fully saturated rings. The van der Waals surface area contributed by atoms with Crippen LogP contribution >= 0.6 is 12.4 Å². The molecule has 0 bridgehead atoms. The molecule has 1 aromatic carbocycles. The molecule has 2 rings (SSSR count). The number of rotatable bonds is 2. The second kappa shape index (κ2) is 5.20. The Morgan fingerprint density at radius 3 is 2.65 bits per heavy atom. The molecule has 1 heterocycles. The molecule has 1 aromatic rings. The Hall–Kier alpha value is -1.53. The number of phenolic OH excluding ortho intramolecular Hbond substituents is 2. The van der Waals surface area contributed by atoms with E-state index in [1.54, 1.807) is 0 Å². The van der Waals surface area contributed by atoms with Gasteiger partial charge in [-0.15, -0.1) is 12.4 Å². The number of hydrogen-bond donors (Lipinski definition) is 3. The van der Waals surface area contributed by atoms with Crippen molar-refractivity contribution in [1.82, 2.24) is 5.32 Å². The minimum absolute atomic E-state index is 0. The van der Waals surface area contributed by atoms with Crippen molar-refractivity contribution in [1.29, 1.82) is 0 Å². The number of halogens is 1. The van der Waals surface area contributed by atoms with E-state index in [2.05, 4.69) is 5.32 Å². The van der Waals surface area contributed by atoms with Crippen LogP contribution in [0.1, 0.15) is 24.4 Å². The molecule has 1 saturated heterocycles. The fourth-order valence-corrected chi connectivity index (χ4v) is 1.93. The Labute approximate surface area is 104 Å². The van der Waals surface area contributed by atoms with Crippen molar-refractivity contribution in [3.63, 3.8) is 0 Å². The normalized spacial score (nSPS) is 18.7. The van der Waals surface area contributed by atoms with Gasteiger partial charge >= 0.3 is 5.69 Å². The molecule has 6 nitrogen and oxygen atoms in total. The topological polar surface area (TPSA) is 95.6 Å². The molecular formula is C10H13ClN2O4. The van der Waals surface area contributed by atoms with E-state index in [0.29, 0.717) is 5.56 Å². The smallest absolute Gasteiger partial charge is 0.314 e. The van der Waals surface area contributed by atoms with Crippen molar-refractivity contribution in [3.05, 3.63) is 27.8 Å². The van der Waals surface area contributed by atoms with Gasteiger partial charge in [0.05, 0.1) is 4.92 Å². The van der Waals surface area contributed by atoms with Gasteiger partial charge in [0.15, 0.2) is 5.75 Å². The summed E-state index contributed by atoms with van der Waals surface area (Å²) in [7, 11) is 0. The Kier molecular flexibility index (Phi) is 4.14. The summed E-state index contributed by atoms with van der Waals surface area (Å²) >= 11 is 0. The monoisotopic (exact) mass is 260 g/mol. The van der Waals surface area contributed by atoms with Crippen LogP contribution in [0.2, 0.25) is 0 Å². The predicted octanol–water partition coefficient (Wildman–Crippen LogP) is 1.85. The van der Waals surface area contributed by atoms with Crippen molar-refractivity contribution in [2.45, 2.75) is 18.9 Å². The van der Waals surface area contributed by atoms with Gasteiger partial charge in [0.1, 0.15) is 0 Å². The number of phenols is 2. The summed E-state index contributed by atoms with van der Waals surface area (Å²) in [5, 5.41) is 32.6. The zero-order valence-corrected chi connectivity index (χ0v) is 9.74. The van der Waals surface area contributed by atoms with Gasteiger partial charge in [-0.1, -0.05) is 0 Å². The van der Waals surface area contributed by atoms with Crippen LogP contribution in [-0.4, -0.2) is 21.7 Å². The molecular weight excluding hydrogens is 248 g/mol. The van der Waals surface area contributed by atoms with Gasteiger partial charge in [-0.25, -0.2) is 0 Å². The van der Waals surface area contributed by atoms with Crippen molar-refractivity contribution in [2.24, 2.45) is 0 Å². The summed E-state index contributed by atoms with van der Waals surface area (Å²) in [4.78, 5) is 9.95. The van der Waals surface area contributed by atoms with E-state index in [1.807, 2.05) is 0 Å². The van der Waals surface area contributed by atoms with Crippen molar-refractivity contribution >= 4 is 18.1 Å². The highest BCUT2D eigenvalue weighted by Crippen LogP contribution is 2.39. The fourth-order valence-electron chi connectivity index (χ4n) is 1.93. The van der Waals surface area contributed by atoms with Gasteiger partial charge in [-0.2, -0.15) is 0 Å². The van der Waals surface area contributed by atoms with Crippen LogP contribution in [0, 0.1) is 10.1 Å². The molecule has 0 aromatic heterocycles. The minimum atomic E-state index is -0.701. The van der Waals surface area contributed by atoms with Gasteiger partial charge < -0.3 is 15.5 Å². The zero-order valence-electron chi connectivity index (χ0n) is 8.92. The van der Waals surface area contributed by atoms with Gasteiger partial charge in [-0.3, -0.25) is 10.1 Å². The molecule has 1 aliphatic heterocycles. The quantitative estimate of drug-likeness (QED) is 0.428. The Morgan fingerprint density at radius 2 is 2.12 bits per heavy atom. The summed E-state index contributed by atoms with van der Waals surface area (Å²) in [5.41, 5.74) is 0.184. The van der Waals surface area contributed by atoms with Crippen LogP contribution in [0.25, 0.3) is 0 Å². The van der Waals surface area contributed by atoms with Gasteiger partial charge in [0.25, 0.3) is 0 Å². The van der Waals surface area contributed by atoms with Gasteiger partial charge in [-0.05, 0) is 31.0 Å². The van der Waals surface area contributed by atoms with Crippen LogP contribution in [0.5, 0.6) is 11.5 Å². The highest BCUT2D eigenvalue weighted by molar-refractivity contribution is 5.85. The van der Waals surface area contributed by atoms with E-state index in [1.165, 1.54) is 12.1 Å². The molecule has 0 spiro atoms. The Balaban J connectivity index is 0.00000144. The van der Waals surface area contributed by atoms with Crippen molar-refractivity contribution in [2.75, 3.05) is 6.54 Å². The molecule has 0 saturated carbocycles. The highest BCUT2D eigenvalue weighted by Gasteiger charge is 2.24. The summed E-state index contributed by atoms with van der Waals surface area (Å²) in [6, 6.07) is 2.69. The third kappa shape index (κ3) is 2.59. The Morgan fingerprint density at radius 1 is 1.41 bits per heavy atom. The summed E-state index contributed by atoms with van der Waals surface area (Å²) in [5.74, 6) is -1.12. The van der Waals surface area contributed by atoms with Crippen LogP contribution < -0.4 is 5.32 Å². The standard InChI is InChI=1S/C10H12N2O4.ClH/c13-9-5-6(7-2-1-3-11-7)4-8(10(9)14)12(15)16;/h4-5,7,11,13-14H,1-3H2;1H/t7-;/m1./s1. The first-order valence-electron chi connectivity index (χ1n) is 5.03. The van der Waals surface area contributed by atoms with Crippen LogP contribution in [0.15, 0.2) is 12.1 Å². The molecule has 1 atom stereocenters.